The highest BCUT2D eigenvalue weighted by Crippen LogP contribution is 2.36. The maximum atomic E-state index is 8.29. The largest absolute Gasteiger partial charge is 0.454 e. The summed E-state index contributed by atoms with van der Waals surface area (Å²) < 4.78 is 11.2. The Labute approximate surface area is 88.4 Å². The number of fused-ring (bicyclic) bond motifs is 1. The predicted octanol–water partition coefficient (Wildman–Crippen LogP) is 1.49. The molecule has 5 nitrogen and oxygen atoms in total. The smallest absolute Gasteiger partial charge is 0.231 e. The second-order valence-corrected chi connectivity index (χ2v) is 3.44. The first-order valence-electron chi connectivity index (χ1n) is 3.82. The molecule has 0 radical (unpaired) electrons. The SMILES string of the molecule is ON/N=C/c1cc2c(cc1Br)OCO2. The van der Waals surface area contributed by atoms with Crippen LogP contribution in [0.2, 0.25) is 0 Å². The minimum atomic E-state index is 0.237. The second-order valence-electron chi connectivity index (χ2n) is 2.59. The standard InChI is InChI=1S/C8H7BrN2O3/c9-6-2-8-7(13-4-14-8)1-5(6)3-10-11-12/h1-3,11-12H,4H2/b10-3+. The van der Waals surface area contributed by atoms with Gasteiger partial charge in [-0.05, 0) is 28.1 Å². The van der Waals surface area contributed by atoms with Crippen molar-refractivity contribution in [2.24, 2.45) is 5.10 Å². The summed E-state index contributed by atoms with van der Waals surface area (Å²) >= 11 is 3.34. The van der Waals surface area contributed by atoms with E-state index in [0.717, 1.165) is 10.0 Å². The topological polar surface area (TPSA) is 63.1 Å². The summed E-state index contributed by atoms with van der Waals surface area (Å²) in [4.78, 5) is 0. The van der Waals surface area contributed by atoms with Gasteiger partial charge in [-0.1, -0.05) is 0 Å². The zero-order chi connectivity index (χ0) is 9.97. The van der Waals surface area contributed by atoms with E-state index in [1.807, 2.05) is 0 Å². The average Bonchev–Trinajstić information content (AvgIpc) is 2.61. The van der Waals surface area contributed by atoms with Crippen molar-refractivity contribution in [3.05, 3.63) is 22.2 Å². The molecule has 0 fully saturated rings. The van der Waals surface area contributed by atoms with E-state index in [2.05, 4.69) is 21.0 Å². The highest BCUT2D eigenvalue weighted by molar-refractivity contribution is 9.10. The van der Waals surface area contributed by atoms with Gasteiger partial charge in [0.1, 0.15) is 0 Å². The molecule has 14 heavy (non-hydrogen) atoms. The first-order valence-corrected chi connectivity index (χ1v) is 4.62. The molecule has 2 N–H and O–H groups in total. The van der Waals surface area contributed by atoms with Crippen LogP contribution in [0.3, 0.4) is 0 Å². The van der Waals surface area contributed by atoms with Crippen LogP contribution < -0.4 is 15.1 Å². The molecular formula is C8H7BrN2O3. The molecule has 6 heteroatoms. The second kappa shape index (κ2) is 3.85. The summed E-state index contributed by atoms with van der Waals surface area (Å²) in [7, 11) is 0. The third-order valence-electron chi connectivity index (χ3n) is 1.75. The van der Waals surface area contributed by atoms with Crippen molar-refractivity contribution in [1.82, 2.24) is 5.59 Å². The Kier molecular flexibility index (Phi) is 2.55. The Balaban J connectivity index is 2.37. The summed E-state index contributed by atoms with van der Waals surface area (Å²) in [5, 5.41) is 11.8. The van der Waals surface area contributed by atoms with E-state index in [4.69, 9.17) is 14.7 Å². The minimum Gasteiger partial charge on any atom is -0.454 e. The van der Waals surface area contributed by atoms with Gasteiger partial charge in [0, 0.05) is 10.0 Å². The Hall–Kier alpha value is -1.27. The normalized spacial score (nSPS) is 13.6. The van der Waals surface area contributed by atoms with E-state index in [1.165, 1.54) is 6.21 Å². The molecule has 0 saturated heterocycles. The average molecular weight is 259 g/mol. The lowest BCUT2D eigenvalue weighted by atomic mass is 10.2. The summed E-state index contributed by atoms with van der Waals surface area (Å²) in [6, 6.07) is 3.56. The Morgan fingerprint density at radius 2 is 2.14 bits per heavy atom. The fourth-order valence-electron chi connectivity index (χ4n) is 1.13. The van der Waals surface area contributed by atoms with Gasteiger partial charge in [0.15, 0.2) is 11.5 Å². The molecule has 0 saturated carbocycles. The molecule has 1 aromatic rings. The van der Waals surface area contributed by atoms with E-state index >= 15 is 0 Å². The molecule has 1 heterocycles. The summed E-state index contributed by atoms with van der Waals surface area (Å²) in [5.41, 5.74) is 2.48. The van der Waals surface area contributed by atoms with Crippen LogP contribution in [0, 0.1) is 0 Å². The van der Waals surface area contributed by atoms with Crippen molar-refractivity contribution in [2.45, 2.75) is 0 Å². The first kappa shape index (κ1) is 9.29. The van der Waals surface area contributed by atoms with Crippen LogP contribution in [-0.2, 0) is 0 Å². The highest BCUT2D eigenvalue weighted by atomic mass is 79.9. The monoisotopic (exact) mass is 258 g/mol. The van der Waals surface area contributed by atoms with Gasteiger partial charge in [0.25, 0.3) is 0 Å². The number of ether oxygens (including phenoxy) is 2. The number of hydrogen-bond donors (Lipinski definition) is 2. The van der Waals surface area contributed by atoms with E-state index in [-0.39, 0.29) is 6.79 Å². The highest BCUT2D eigenvalue weighted by Gasteiger charge is 2.15. The van der Waals surface area contributed by atoms with Crippen LogP contribution in [0.4, 0.5) is 0 Å². The van der Waals surface area contributed by atoms with Gasteiger partial charge < -0.3 is 9.47 Å². The quantitative estimate of drug-likeness (QED) is 0.624. The van der Waals surface area contributed by atoms with Crippen LogP contribution in [0.25, 0.3) is 0 Å². The lowest BCUT2D eigenvalue weighted by Crippen LogP contribution is -1.96. The van der Waals surface area contributed by atoms with Gasteiger partial charge in [-0.2, -0.15) is 10.7 Å². The Morgan fingerprint density at radius 1 is 1.43 bits per heavy atom. The summed E-state index contributed by atoms with van der Waals surface area (Å²) in [6.45, 7) is 0.237. The molecule has 0 unspecified atom stereocenters. The summed E-state index contributed by atoms with van der Waals surface area (Å²) in [5.74, 6) is 1.37. The molecule has 1 aliphatic heterocycles. The van der Waals surface area contributed by atoms with Crippen molar-refractivity contribution < 1.29 is 14.7 Å². The number of hydrazone groups is 1. The fourth-order valence-corrected chi connectivity index (χ4v) is 1.55. The zero-order valence-corrected chi connectivity index (χ0v) is 8.61. The van der Waals surface area contributed by atoms with Crippen LogP contribution in [0.1, 0.15) is 5.56 Å². The van der Waals surface area contributed by atoms with E-state index < -0.39 is 0 Å². The molecule has 0 amide bonds. The van der Waals surface area contributed by atoms with Gasteiger partial charge in [-0.15, -0.1) is 0 Å². The number of benzene rings is 1. The molecule has 0 aromatic heterocycles. The zero-order valence-electron chi connectivity index (χ0n) is 7.03. The van der Waals surface area contributed by atoms with Crippen molar-refractivity contribution >= 4 is 22.1 Å². The van der Waals surface area contributed by atoms with Crippen LogP contribution in [0.5, 0.6) is 11.5 Å². The number of nitrogens with one attached hydrogen (secondary N) is 1. The maximum absolute atomic E-state index is 8.29. The number of nitrogens with zero attached hydrogens (tertiary/aromatic N) is 1. The Morgan fingerprint density at radius 3 is 2.86 bits per heavy atom. The molecule has 2 rings (SSSR count). The lowest BCUT2D eigenvalue weighted by molar-refractivity contribution is 0.172. The fraction of sp³-hybridized carbons (Fsp3) is 0.125. The molecule has 0 atom stereocenters. The first-order chi connectivity index (χ1) is 6.81. The van der Waals surface area contributed by atoms with Crippen LogP contribution in [0.15, 0.2) is 21.7 Å². The number of halogens is 1. The van der Waals surface area contributed by atoms with E-state index in [9.17, 15) is 0 Å². The van der Waals surface area contributed by atoms with Gasteiger partial charge in [-0.25, -0.2) is 0 Å². The van der Waals surface area contributed by atoms with Gasteiger partial charge in [0.2, 0.25) is 6.79 Å². The molecule has 74 valence electrons. The van der Waals surface area contributed by atoms with Gasteiger partial charge in [0.05, 0.1) is 6.21 Å². The maximum Gasteiger partial charge on any atom is 0.231 e. The van der Waals surface area contributed by atoms with Crippen molar-refractivity contribution in [1.29, 1.82) is 0 Å². The number of rotatable bonds is 2. The van der Waals surface area contributed by atoms with Crippen LogP contribution >= 0.6 is 15.9 Å². The molecule has 1 aromatic carbocycles. The summed E-state index contributed by atoms with van der Waals surface area (Å²) in [6.07, 6.45) is 1.46. The van der Waals surface area contributed by atoms with E-state index in [0.29, 0.717) is 11.5 Å². The molecule has 0 bridgehead atoms. The van der Waals surface area contributed by atoms with Crippen molar-refractivity contribution in [3.8, 4) is 11.5 Å². The molecule has 0 aliphatic carbocycles. The molecule has 1 aliphatic rings. The third-order valence-corrected chi connectivity index (χ3v) is 2.44. The minimum absolute atomic E-state index is 0.237. The molecular weight excluding hydrogens is 252 g/mol. The van der Waals surface area contributed by atoms with Crippen LogP contribution in [-0.4, -0.2) is 18.2 Å². The number of hydrogen-bond acceptors (Lipinski definition) is 5. The lowest BCUT2D eigenvalue weighted by Gasteiger charge is -2.00. The third kappa shape index (κ3) is 1.66. The molecule has 0 spiro atoms. The van der Waals surface area contributed by atoms with Crippen molar-refractivity contribution in [3.63, 3.8) is 0 Å². The van der Waals surface area contributed by atoms with Crippen molar-refractivity contribution in [2.75, 3.05) is 6.79 Å². The predicted molar refractivity (Wildman–Crippen MR) is 52.8 cm³/mol. The Bertz CT molecular complexity index is 381. The van der Waals surface area contributed by atoms with E-state index in [1.54, 1.807) is 17.7 Å². The van der Waals surface area contributed by atoms with Gasteiger partial charge in [-0.3, -0.25) is 5.21 Å². The van der Waals surface area contributed by atoms with Gasteiger partial charge >= 0.3 is 0 Å².